The van der Waals surface area contributed by atoms with Crippen LogP contribution in [0.3, 0.4) is 0 Å². The normalized spacial score (nSPS) is 12.1. The van der Waals surface area contributed by atoms with Gasteiger partial charge < -0.3 is 14.2 Å². The number of allylic oxidation sites excluding steroid dienone is 4. The van der Waals surface area contributed by atoms with E-state index in [1.165, 1.54) is 263 Å². The largest absolute Gasteiger partial charge is 0.462 e. The second-order valence-electron chi connectivity index (χ2n) is 23.5. The van der Waals surface area contributed by atoms with Crippen LogP contribution in [0.25, 0.3) is 0 Å². The number of esters is 3. The summed E-state index contributed by atoms with van der Waals surface area (Å²) in [6.07, 6.45) is 79.2. The Bertz CT molecular complexity index is 1230. The summed E-state index contributed by atoms with van der Waals surface area (Å²) in [6.45, 7) is 6.65. The molecule has 0 spiro atoms. The molecule has 0 amide bonds. The Kier molecular flexibility index (Phi) is 63.6. The average molecular weight is 1070 g/mol. The van der Waals surface area contributed by atoms with E-state index in [1.54, 1.807) is 0 Å². The molecule has 448 valence electrons. The van der Waals surface area contributed by atoms with E-state index in [0.717, 1.165) is 83.5 Å². The summed E-state index contributed by atoms with van der Waals surface area (Å²) in [5.41, 5.74) is 0. The van der Waals surface area contributed by atoms with Crippen LogP contribution in [0.1, 0.15) is 387 Å². The third kappa shape index (κ3) is 62.7. The minimum Gasteiger partial charge on any atom is -0.462 e. The average Bonchev–Trinajstić information content (AvgIpc) is 3.42. The number of unbranched alkanes of at least 4 members (excludes halogenated alkanes) is 49. The van der Waals surface area contributed by atoms with Gasteiger partial charge in [-0.3, -0.25) is 14.4 Å². The van der Waals surface area contributed by atoms with Crippen LogP contribution in [0, 0.1) is 0 Å². The van der Waals surface area contributed by atoms with Crippen LogP contribution >= 0.6 is 0 Å². The summed E-state index contributed by atoms with van der Waals surface area (Å²) in [5, 5.41) is 0. The van der Waals surface area contributed by atoms with Gasteiger partial charge in [0.2, 0.25) is 0 Å². The van der Waals surface area contributed by atoms with Gasteiger partial charge in [0.05, 0.1) is 0 Å². The maximum absolute atomic E-state index is 12.9. The van der Waals surface area contributed by atoms with Crippen LogP contribution in [0.4, 0.5) is 0 Å². The van der Waals surface area contributed by atoms with Crippen molar-refractivity contribution in [3.05, 3.63) is 24.3 Å². The molecule has 1 unspecified atom stereocenters. The van der Waals surface area contributed by atoms with E-state index in [2.05, 4.69) is 45.1 Å². The van der Waals surface area contributed by atoms with E-state index in [1.807, 2.05) is 0 Å². The fraction of sp³-hybridized carbons (Fsp3) is 0.900. The van der Waals surface area contributed by atoms with Gasteiger partial charge in [-0.25, -0.2) is 0 Å². The topological polar surface area (TPSA) is 78.9 Å². The monoisotopic (exact) mass is 1070 g/mol. The molecule has 0 fully saturated rings. The van der Waals surface area contributed by atoms with Crippen molar-refractivity contribution < 1.29 is 28.6 Å². The van der Waals surface area contributed by atoms with Crippen molar-refractivity contribution >= 4 is 17.9 Å². The van der Waals surface area contributed by atoms with E-state index in [0.29, 0.717) is 19.3 Å². The maximum Gasteiger partial charge on any atom is 0.306 e. The third-order valence-corrected chi connectivity index (χ3v) is 15.7. The van der Waals surface area contributed by atoms with Crippen LogP contribution in [-0.2, 0) is 28.6 Å². The minimum atomic E-state index is -0.773. The highest BCUT2D eigenvalue weighted by Gasteiger charge is 2.19. The number of hydrogen-bond donors (Lipinski definition) is 0. The third-order valence-electron chi connectivity index (χ3n) is 15.7. The number of hydrogen-bond acceptors (Lipinski definition) is 6. The molecule has 0 saturated carbocycles. The number of rotatable bonds is 64. The minimum absolute atomic E-state index is 0.0694. The molecule has 0 saturated heterocycles. The molecule has 76 heavy (non-hydrogen) atoms. The molecule has 1 atom stereocenters. The first-order valence-corrected chi connectivity index (χ1v) is 34.3. The molecule has 0 bridgehead atoms. The molecular weight excluding hydrogens is 937 g/mol. The van der Waals surface area contributed by atoms with Gasteiger partial charge in [0.25, 0.3) is 0 Å². The predicted octanol–water partition coefficient (Wildman–Crippen LogP) is 23.4. The van der Waals surface area contributed by atoms with Gasteiger partial charge in [-0.15, -0.1) is 0 Å². The van der Waals surface area contributed by atoms with Crippen molar-refractivity contribution in [2.45, 2.75) is 393 Å². The lowest BCUT2D eigenvalue weighted by Gasteiger charge is -2.18. The molecule has 0 aromatic heterocycles. The summed E-state index contributed by atoms with van der Waals surface area (Å²) in [6, 6.07) is 0. The first-order chi connectivity index (χ1) is 37.5. The van der Waals surface area contributed by atoms with Crippen molar-refractivity contribution in [2.75, 3.05) is 13.2 Å². The molecule has 0 aromatic carbocycles. The van der Waals surface area contributed by atoms with E-state index >= 15 is 0 Å². The van der Waals surface area contributed by atoms with Gasteiger partial charge in [0.1, 0.15) is 13.2 Å². The van der Waals surface area contributed by atoms with Crippen LogP contribution in [0.15, 0.2) is 24.3 Å². The van der Waals surface area contributed by atoms with Gasteiger partial charge in [-0.1, -0.05) is 347 Å². The Labute approximate surface area is 474 Å². The molecule has 6 heteroatoms. The molecule has 0 radical (unpaired) electrons. The zero-order valence-electron chi connectivity index (χ0n) is 51.6. The van der Waals surface area contributed by atoms with Crippen molar-refractivity contribution in [2.24, 2.45) is 0 Å². The summed E-state index contributed by atoms with van der Waals surface area (Å²) in [7, 11) is 0. The number of ether oxygens (including phenoxy) is 3. The molecule has 0 aliphatic heterocycles. The second-order valence-corrected chi connectivity index (χ2v) is 23.5. The van der Waals surface area contributed by atoms with Gasteiger partial charge in [0, 0.05) is 19.3 Å². The fourth-order valence-electron chi connectivity index (χ4n) is 10.5. The van der Waals surface area contributed by atoms with E-state index < -0.39 is 6.10 Å². The van der Waals surface area contributed by atoms with Crippen LogP contribution in [0.5, 0.6) is 0 Å². The van der Waals surface area contributed by atoms with Crippen molar-refractivity contribution in [3.63, 3.8) is 0 Å². The first kappa shape index (κ1) is 73.9. The zero-order chi connectivity index (χ0) is 55.0. The van der Waals surface area contributed by atoms with Gasteiger partial charge in [-0.2, -0.15) is 0 Å². The van der Waals surface area contributed by atoms with Crippen molar-refractivity contribution in [1.82, 2.24) is 0 Å². The van der Waals surface area contributed by atoms with E-state index in [9.17, 15) is 14.4 Å². The van der Waals surface area contributed by atoms with E-state index in [4.69, 9.17) is 14.2 Å². The Hall–Kier alpha value is -2.11. The molecule has 0 rings (SSSR count). The van der Waals surface area contributed by atoms with Gasteiger partial charge in [-0.05, 0) is 44.9 Å². The number of carbonyl (C=O) groups is 3. The van der Waals surface area contributed by atoms with Gasteiger partial charge >= 0.3 is 17.9 Å². The Morgan fingerprint density at radius 1 is 0.263 bits per heavy atom. The zero-order valence-corrected chi connectivity index (χ0v) is 51.6. The van der Waals surface area contributed by atoms with Crippen LogP contribution < -0.4 is 0 Å². The maximum atomic E-state index is 12.9. The van der Waals surface area contributed by atoms with E-state index in [-0.39, 0.29) is 31.1 Å². The highest BCUT2D eigenvalue weighted by molar-refractivity contribution is 5.71. The summed E-state index contributed by atoms with van der Waals surface area (Å²) < 4.78 is 17.0. The lowest BCUT2D eigenvalue weighted by atomic mass is 10.0. The SMILES string of the molecule is CCC/C=C\C/C=C\CCCCCCCC(=O)OCC(COC(=O)CCCCCCCCCCCCCCCCCCCCCCCCCC)OC(=O)CCCCCCCCCCCCCCCCCCCCCCC. The Balaban J connectivity index is 4.22. The Morgan fingerprint density at radius 2 is 0.500 bits per heavy atom. The number of carbonyl (C=O) groups excluding carboxylic acids is 3. The highest BCUT2D eigenvalue weighted by Crippen LogP contribution is 2.19. The predicted molar refractivity (Wildman–Crippen MR) is 330 cm³/mol. The van der Waals surface area contributed by atoms with Crippen LogP contribution in [-0.4, -0.2) is 37.2 Å². The summed E-state index contributed by atoms with van der Waals surface area (Å²) >= 11 is 0. The molecule has 0 aromatic rings. The molecule has 0 aliphatic rings. The molecular formula is C70H132O6. The lowest BCUT2D eigenvalue weighted by molar-refractivity contribution is -0.167. The first-order valence-electron chi connectivity index (χ1n) is 34.3. The second kappa shape index (κ2) is 65.4. The molecule has 0 heterocycles. The standard InChI is InChI=1S/C70H132O6/c1-4-7-10-13-16-19-22-25-27-29-31-33-34-35-37-38-40-42-45-48-51-54-57-60-63-69(72)75-66-67(65-74-68(71)62-59-56-53-50-47-44-24-21-18-15-12-9-6-3)76-70(73)64-61-58-55-52-49-46-43-41-39-36-32-30-28-26-23-20-17-14-11-8-5-2/h12,15,21,24,67H,4-11,13-14,16-20,22-23,25-66H2,1-3H3/b15-12-,24-21-. The highest BCUT2D eigenvalue weighted by atomic mass is 16.6. The smallest absolute Gasteiger partial charge is 0.306 e. The molecule has 0 aliphatic carbocycles. The summed E-state index contributed by atoms with van der Waals surface area (Å²) in [5.74, 6) is -0.853. The fourth-order valence-corrected chi connectivity index (χ4v) is 10.5. The van der Waals surface area contributed by atoms with Crippen molar-refractivity contribution in [1.29, 1.82) is 0 Å². The lowest BCUT2D eigenvalue weighted by Crippen LogP contribution is -2.30. The summed E-state index contributed by atoms with van der Waals surface area (Å²) in [4.78, 5) is 38.4. The van der Waals surface area contributed by atoms with Crippen LogP contribution in [0.2, 0.25) is 0 Å². The van der Waals surface area contributed by atoms with Crippen molar-refractivity contribution in [3.8, 4) is 0 Å². The quantitative estimate of drug-likeness (QED) is 0.0261. The van der Waals surface area contributed by atoms with Gasteiger partial charge in [0.15, 0.2) is 6.10 Å². The molecule has 6 nitrogen and oxygen atoms in total. The molecule has 0 N–H and O–H groups in total. The Morgan fingerprint density at radius 3 is 0.776 bits per heavy atom.